The Morgan fingerprint density at radius 3 is 2.67 bits per heavy atom. The lowest BCUT2D eigenvalue weighted by molar-refractivity contribution is -0.139. The van der Waals surface area contributed by atoms with Gasteiger partial charge in [-0.25, -0.2) is 0 Å². The lowest BCUT2D eigenvalue weighted by Gasteiger charge is -2.24. The molecule has 3 rings (SSSR count). The van der Waals surface area contributed by atoms with Crippen molar-refractivity contribution in [1.82, 2.24) is 0 Å². The van der Waals surface area contributed by atoms with E-state index in [-0.39, 0.29) is 5.92 Å². The average Bonchev–Trinajstić information content (AvgIpc) is 2.49. The molecule has 1 atom stereocenters. The van der Waals surface area contributed by atoms with Crippen molar-refractivity contribution >= 4 is 17.6 Å². The molecular weight excluding hydrogens is 284 g/mol. The van der Waals surface area contributed by atoms with Crippen LogP contribution in [-0.2, 0) is 17.6 Å². The molecule has 2 aromatic rings. The van der Waals surface area contributed by atoms with Gasteiger partial charge in [-0.3, -0.25) is 4.79 Å². The standard InChI is InChI=1S/C18H17ClO2/c19-14-9-7-12(8-10-14)11-13-3-1-5-16-15(13)4-2-6-17(16)18(20)21/h1,3,5,7-10,17H,2,4,6,11H2,(H,20,21). The van der Waals surface area contributed by atoms with Crippen LogP contribution in [-0.4, -0.2) is 11.1 Å². The minimum atomic E-state index is -0.709. The van der Waals surface area contributed by atoms with Crippen molar-refractivity contribution < 1.29 is 9.90 Å². The summed E-state index contributed by atoms with van der Waals surface area (Å²) in [5.74, 6) is -1.06. The summed E-state index contributed by atoms with van der Waals surface area (Å²) in [5, 5.41) is 10.1. The molecule has 2 nitrogen and oxygen atoms in total. The van der Waals surface area contributed by atoms with Crippen LogP contribution in [0.25, 0.3) is 0 Å². The fourth-order valence-corrected chi connectivity index (χ4v) is 3.29. The predicted molar refractivity (Wildman–Crippen MR) is 84.0 cm³/mol. The summed E-state index contributed by atoms with van der Waals surface area (Å²) in [6.07, 6.45) is 3.49. The van der Waals surface area contributed by atoms with Crippen LogP contribution in [0, 0.1) is 0 Å². The van der Waals surface area contributed by atoms with Crippen LogP contribution >= 0.6 is 11.6 Å². The van der Waals surface area contributed by atoms with Crippen molar-refractivity contribution in [1.29, 1.82) is 0 Å². The zero-order valence-corrected chi connectivity index (χ0v) is 12.4. The molecule has 0 spiro atoms. The first-order chi connectivity index (χ1) is 10.1. The van der Waals surface area contributed by atoms with E-state index < -0.39 is 5.97 Å². The molecule has 0 aliphatic heterocycles. The summed E-state index contributed by atoms with van der Waals surface area (Å²) in [7, 11) is 0. The Labute approximate surface area is 129 Å². The van der Waals surface area contributed by atoms with E-state index in [1.807, 2.05) is 36.4 Å². The van der Waals surface area contributed by atoms with Crippen LogP contribution in [0.1, 0.15) is 41.0 Å². The van der Waals surface area contributed by atoms with E-state index in [1.54, 1.807) is 0 Å². The Bertz CT molecular complexity index is 661. The van der Waals surface area contributed by atoms with Gasteiger partial charge in [-0.2, -0.15) is 0 Å². The highest BCUT2D eigenvalue weighted by atomic mass is 35.5. The molecule has 1 unspecified atom stereocenters. The highest BCUT2D eigenvalue weighted by Crippen LogP contribution is 2.34. The topological polar surface area (TPSA) is 37.3 Å². The third-order valence-corrected chi connectivity index (χ3v) is 4.46. The molecule has 3 heteroatoms. The number of benzene rings is 2. The molecular formula is C18H17ClO2. The van der Waals surface area contributed by atoms with Gasteiger partial charge < -0.3 is 5.11 Å². The third kappa shape index (κ3) is 2.96. The monoisotopic (exact) mass is 300 g/mol. The molecule has 0 heterocycles. The molecule has 0 radical (unpaired) electrons. The predicted octanol–water partition coefficient (Wildman–Crippen LogP) is 4.44. The van der Waals surface area contributed by atoms with E-state index in [1.165, 1.54) is 16.7 Å². The van der Waals surface area contributed by atoms with E-state index in [0.29, 0.717) is 0 Å². The van der Waals surface area contributed by atoms with Crippen LogP contribution in [0.3, 0.4) is 0 Å². The Kier molecular flexibility index (Phi) is 3.98. The minimum Gasteiger partial charge on any atom is -0.481 e. The maximum atomic E-state index is 11.4. The van der Waals surface area contributed by atoms with E-state index in [4.69, 9.17) is 11.6 Å². The summed E-state index contributed by atoms with van der Waals surface area (Å²) in [6.45, 7) is 0. The number of aliphatic carboxylic acids is 1. The highest BCUT2D eigenvalue weighted by Gasteiger charge is 2.27. The first-order valence-electron chi connectivity index (χ1n) is 7.23. The maximum Gasteiger partial charge on any atom is 0.310 e. The van der Waals surface area contributed by atoms with Gasteiger partial charge >= 0.3 is 5.97 Å². The Balaban J connectivity index is 1.95. The molecule has 0 bridgehead atoms. The van der Waals surface area contributed by atoms with Crippen molar-refractivity contribution in [2.24, 2.45) is 0 Å². The Morgan fingerprint density at radius 1 is 1.19 bits per heavy atom. The number of carboxylic acids is 1. The molecule has 2 aromatic carbocycles. The molecule has 21 heavy (non-hydrogen) atoms. The van der Waals surface area contributed by atoms with Crippen LogP contribution in [0.5, 0.6) is 0 Å². The van der Waals surface area contributed by atoms with Crippen molar-refractivity contribution in [2.45, 2.75) is 31.6 Å². The Morgan fingerprint density at radius 2 is 1.95 bits per heavy atom. The largest absolute Gasteiger partial charge is 0.481 e. The highest BCUT2D eigenvalue weighted by molar-refractivity contribution is 6.30. The summed E-state index contributed by atoms with van der Waals surface area (Å²) in [4.78, 5) is 11.4. The number of hydrogen-bond acceptors (Lipinski definition) is 1. The van der Waals surface area contributed by atoms with Gasteiger partial charge in [0.2, 0.25) is 0 Å². The van der Waals surface area contributed by atoms with E-state index >= 15 is 0 Å². The average molecular weight is 301 g/mol. The number of rotatable bonds is 3. The van der Waals surface area contributed by atoms with Crippen molar-refractivity contribution in [3.63, 3.8) is 0 Å². The first kappa shape index (κ1) is 14.2. The number of halogens is 1. The van der Waals surface area contributed by atoms with E-state index in [0.717, 1.165) is 36.3 Å². The summed E-state index contributed by atoms with van der Waals surface area (Å²) in [6, 6.07) is 13.9. The zero-order valence-electron chi connectivity index (χ0n) is 11.7. The van der Waals surface area contributed by atoms with Gasteiger partial charge in [-0.1, -0.05) is 41.9 Å². The maximum absolute atomic E-state index is 11.4. The van der Waals surface area contributed by atoms with E-state index in [9.17, 15) is 9.90 Å². The number of carboxylic acid groups (broad SMARTS) is 1. The van der Waals surface area contributed by atoms with Gasteiger partial charge in [0.1, 0.15) is 0 Å². The molecule has 0 aromatic heterocycles. The number of fused-ring (bicyclic) bond motifs is 1. The quantitative estimate of drug-likeness (QED) is 0.910. The van der Waals surface area contributed by atoms with Gasteiger partial charge in [0.15, 0.2) is 0 Å². The Hall–Kier alpha value is -1.80. The molecule has 108 valence electrons. The van der Waals surface area contributed by atoms with Crippen LogP contribution in [0.15, 0.2) is 42.5 Å². The van der Waals surface area contributed by atoms with Crippen molar-refractivity contribution in [3.05, 3.63) is 69.7 Å². The van der Waals surface area contributed by atoms with Gasteiger partial charge in [-0.05, 0) is 60.1 Å². The normalized spacial score (nSPS) is 17.3. The smallest absolute Gasteiger partial charge is 0.310 e. The molecule has 0 saturated heterocycles. The molecule has 1 aliphatic rings. The fraction of sp³-hybridized carbons (Fsp3) is 0.278. The molecule has 0 amide bonds. The fourth-order valence-electron chi connectivity index (χ4n) is 3.17. The third-order valence-electron chi connectivity index (χ3n) is 4.21. The van der Waals surface area contributed by atoms with Crippen LogP contribution in [0.4, 0.5) is 0 Å². The zero-order chi connectivity index (χ0) is 14.8. The first-order valence-corrected chi connectivity index (χ1v) is 7.61. The molecule has 0 fully saturated rings. The second kappa shape index (κ2) is 5.90. The van der Waals surface area contributed by atoms with Crippen LogP contribution < -0.4 is 0 Å². The summed E-state index contributed by atoms with van der Waals surface area (Å²) >= 11 is 5.92. The van der Waals surface area contributed by atoms with Crippen molar-refractivity contribution in [3.8, 4) is 0 Å². The molecule has 1 N–H and O–H groups in total. The number of hydrogen-bond donors (Lipinski definition) is 1. The van der Waals surface area contributed by atoms with Gasteiger partial charge in [0.05, 0.1) is 5.92 Å². The summed E-state index contributed by atoms with van der Waals surface area (Å²) in [5.41, 5.74) is 4.66. The molecule has 0 saturated carbocycles. The van der Waals surface area contributed by atoms with Gasteiger partial charge in [0.25, 0.3) is 0 Å². The lowest BCUT2D eigenvalue weighted by atomic mass is 9.80. The second-order valence-electron chi connectivity index (χ2n) is 5.57. The second-order valence-corrected chi connectivity index (χ2v) is 6.01. The van der Waals surface area contributed by atoms with E-state index in [2.05, 4.69) is 6.07 Å². The van der Waals surface area contributed by atoms with Crippen molar-refractivity contribution in [2.75, 3.05) is 0 Å². The van der Waals surface area contributed by atoms with Gasteiger partial charge in [-0.15, -0.1) is 0 Å². The van der Waals surface area contributed by atoms with Gasteiger partial charge in [0, 0.05) is 5.02 Å². The lowest BCUT2D eigenvalue weighted by Crippen LogP contribution is -2.19. The summed E-state index contributed by atoms with van der Waals surface area (Å²) < 4.78 is 0. The minimum absolute atomic E-state index is 0.348. The van der Waals surface area contributed by atoms with Crippen LogP contribution in [0.2, 0.25) is 5.02 Å². The SMILES string of the molecule is O=C(O)C1CCCc2c(Cc3ccc(Cl)cc3)cccc21. The molecule has 1 aliphatic carbocycles. The number of carbonyl (C=O) groups is 1.